The van der Waals surface area contributed by atoms with E-state index in [1.807, 2.05) is 26.8 Å². The maximum atomic E-state index is 11.9. The zero-order chi connectivity index (χ0) is 18.4. The van der Waals surface area contributed by atoms with Crippen LogP contribution in [-0.4, -0.2) is 29.2 Å². The zero-order valence-electron chi connectivity index (χ0n) is 15.1. The van der Waals surface area contributed by atoms with Gasteiger partial charge >= 0.3 is 6.09 Å². The van der Waals surface area contributed by atoms with E-state index in [9.17, 15) is 14.9 Å². The summed E-state index contributed by atoms with van der Waals surface area (Å²) in [7, 11) is 0. The van der Waals surface area contributed by atoms with Crippen molar-refractivity contribution in [1.29, 1.82) is 0 Å². The quantitative estimate of drug-likeness (QED) is 0.617. The van der Waals surface area contributed by atoms with Gasteiger partial charge in [-0.25, -0.2) is 4.79 Å². The number of hydrogen-bond acceptors (Lipinski definition) is 5. The number of nitrogens with zero attached hydrogens (tertiary/aromatic N) is 1. The highest BCUT2D eigenvalue weighted by molar-refractivity contribution is 5.67. The number of carbonyl (C=O) groups is 1. The monoisotopic (exact) mass is 349 g/mol. The van der Waals surface area contributed by atoms with E-state index in [4.69, 9.17) is 4.74 Å². The lowest BCUT2D eigenvalue weighted by atomic mass is 9.84. The van der Waals surface area contributed by atoms with Gasteiger partial charge in [0.25, 0.3) is 5.69 Å². The number of anilines is 1. The third-order valence-corrected chi connectivity index (χ3v) is 4.23. The molecule has 1 saturated carbocycles. The van der Waals surface area contributed by atoms with E-state index in [0.29, 0.717) is 6.54 Å². The van der Waals surface area contributed by atoms with Crippen molar-refractivity contribution in [3.8, 4) is 0 Å². The Bertz CT molecular complexity index is 613. The molecule has 2 N–H and O–H groups in total. The number of nitro benzene ring substituents is 1. The molecule has 2 atom stereocenters. The normalized spacial score (nSPS) is 20.6. The Balaban J connectivity index is 1.95. The number of hydrogen-bond donors (Lipinski definition) is 2. The number of nitrogens with one attached hydrogen (secondary N) is 2. The van der Waals surface area contributed by atoms with Gasteiger partial charge in [0, 0.05) is 30.4 Å². The zero-order valence-corrected chi connectivity index (χ0v) is 15.1. The first-order chi connectivity index (χ1) is 11.7. The highest BCUT2D eigenvalue weighted by Gasteiger charge is 2.26. The van der Waals surface area contributed by atoms with Crippen LogP contribution in [0.2, 0.25) is 0 Å². The number of nitro groups is 1. The minimum Gasteiger partial charge on any atom is -0.444 e. The predicted molar refractivity (Wildman–Crippen MR) is 96.7 cm³/mol. The molecule has 0 heterocycles. The fraction of sp³-hybridized carbons (Fsp3) is 0.611. The lowest BCUT2D eigenvalue weighted by Crippen LogP contribution is -2.42. The van der Waals surface area contributed by atoms with Crippen molar-refractivity contribution in [1.82, 2.24) is 5.32 Å². The molecule has 0 spiro atoms. The number of ether oxygens (including phenoxy) is 1. The van der Waals surface area contributed by atoms with E-state index in [1.165, 1.54) is 6.07 Å². The molecule has 0 bridgehead atoms. The fourth-order valence-electron chi connectivity index (χ4n) is 3.09. The minimum absolute atomic E-state index is 0.0734. The first-order valence-electron chi connectivity index (χ1n) is 8.72. The summed E-state index contributed by atoms with van der Waals surface area (Å²) in [4.78, 5) is 22.4. The standard InChI is InChI=1S/C18H27N3O4/c1-18(2,3)25-17(22)19-12-13-7-4-5-10-16(13)20-14-8-6-9-15(11-14)21(23)24/h6,8-9,11,13,16,20H,4-5,7,10,12H2,1-3H3,(H,19,22). The van der Waals surface area contributed by atoms with Crippen molar-refractivity contribution >= 4 is 17.5 Å². The van der Waals surface area contributed by atoms with Crippen LogP contribution in [0.5, 0.6) is 0 Å². The van der Waals surface area contributed by atoms with Gasteiger partial charge in [0.2, 0.25) is 0 Å². The van der Waals surface area contributed by atoms with Crippen molar-refractivity contribution in [3.63, 3.8) is 0 Å². The molecule has 2 unspecified atom stereocenters. The summed E-state index contributed by atoms with van der Waals surface area (Å²) >= 11 is 0. The van der Waals surface area contributed by atoms with Crippen LogP contribution >= 0.6 is 0 Å². The highest BCUT2D eigenvalue weighted by Crippen LogP contribution is 2.28. The van der Waals surface area contributed by atoms with Gasteiger partial charge in [-0.2, -0.15) is 0 Å². The topological polar surface area (TPSA) is 93.5 Å². The molecule has 7 heteroatoms. The summed E-state index contributed by atoms with van der Waals surface area (Å²) < 4.78 is 5.28. The minimum atomic E-state index is -0.517. The second kappa shape index (κ2) is 8.18. The summed E-state index contributed by atoms with van der Waals surface area (Å²) in [5, 5.41) is 17.2. The third-order valence-electron chi connectivity index (χ3n) is 4.23. The van der Waals surface area contributed by atoms with Crippen molar-refractivity contribution in [2.24, 2.45) is 5.92 Å². The van der Waals surface area contributed by atoms with Crippen LogP contribution in [0.1, 0.15) is 46.5 Å². The van der Waals surface area contributed by atoms with Crippen LogP contribution in [0.25, 0.3) is 0 Å². The van der Waals surface area contributed by atoms with Gasteiger partial charge in [0.1, 0.15) is 5.60 Å². The number of amides is 1. The van der Waals surface area contributed by atoms with Gasteiger partial charge in [0.15, 0.2) is 0 Å². The largest absolute Gasteiger partial charge is 0.444 e. The first kappa shape index (κ1) is 19.0. The third kappa shape index (κ3) is 6.25. The molecular weight excluding hydrogens is 322 g/mol. The molecule has 25 heavy (non-hydrogen) atoms. The summed E-state index contributed by atoms with van der Waals surface area (Å²) in [6.45, 7) is 6.03. The molecule has 0 aromatic heterocycles. The van der Waals surface area contributed by atoms with Gasteiger partial charge in [-0.05, 0) is 45.6 Å². The fourth-order valence-corrected chi connectivity index (χ4v) is 3.09. The molecule has 1 aliphatic carbocycles. The van der Waals surface area contributed by atoms with E-state index in [0.717, 1.165) is 31.4 Å². The van der Waals surface area contributed by atoms with Crippen molar-refractivity contribution in [2.75, 3.05) is 11.9 Å². The summed E-state index contributed by atoms with van der Waals surface area (Å²) in [6, 6.07) is 6.71. The molecule has 0 radical (unpaired) electrons. The molecule has 1 fully saturated rings. The highest BCUT2D eigenvalue weighted by atomic mass is 16.6. The number of benzene rings is 1. The van der Waals surface area contributed by atoms with Gasteiger partial charge < -0.3 is 15.4 Å². The number of alkyl carbamates (subject to hydrolysis) is 1. The van der Waals surface area contributed by atoms with Crippen molar-refractivity contribution in [2.45, 2.75) is 58.1 Å². The van der Waals surface area contributed by atoms with Crippen molar-refractivity contribution in [3.05, 3.63) is 34.4 Å². The van der Waals surface area contributed by atoms with Crippen LogP contribution in [0.4, 0.5) is 16.2 Å². The first-order valence-corrected chi connectivity index (χ1v) is 8.72. The van der Waals surface area contributed by atoms with Gasteiger partial charge in [-0.15, -0.1) is 0 Å². The van der Waals surface area contributed by atoms with E-state index in [1.54, 1.807) is 12.1 Å². The predicted octanol–water partition coefficient (Wildman–Crippen LogP) is 4.09. The molecule has 1 aromatic rings. The number of non-ortho nitro benzene ring substituents is 1. The second-order valence-electron chi connectivity index (χ2n) is 7.49. The Hall–Kier alpha value is -2.31. The van der Waals surface area contributed by atoms with Gasteiger partial charge in [0.05, 0.1) is 4.92 Å². The molecule has 0 saturated heterocycles. The molecule has 1 aromatic carbocycles. The van der Waals surface area contributed by atoms with E-state index < -0.39 is 16.6 Å². The maximum Gasteiger partial charge on any atom is 0.407 e. The summed E-state index contributed by atoms with van der Waals surface area (Å²) in [6.07, 6.45) is 3.79. The van der Waals surface area contributed by atoms with E-state index in [2.05, 4.69) is 10.6 Å². The van der Waals surface area contributed by atoms with Gasteiger partial charge in [-0.3, -0.25) is 10.1 Å². The van der Waals surface area contributed by atoms with E-state index in [-0.39, 0.29) is 17.6 Å². The number of carbonyl (C=O) groups excluding carboxylic acids is 1. The van der Waals surface area contributed by atoms with Crippen LogP contribution < -0.4 is 10.6 Å². The maximum absolute atomic E-state index is 11.9. The Morgan fingerprint density at radius 2 is 2.04 bits per heavy atom. The van der Waals surface area contributed by atoms with Crippen LogP contribution in [-0.2, 0) is 4.74 Å². The van der Waals surface area contributed by atoms with Crippen molar-refractivity contribution < 1.29 is 14.5 Å². The lowest BCUT2D eigenvalue weighted by Gasteiger charge is -2.33. The summed E-state index contributed by atoms with van der Waals surface area (Å²) in [5.41, 5.74) is 0.296. The Labute approximate surface area is 148 Å². The Morgan fingerprint density at radius 1 is 1.32 bits per heavy atom. The van der Waals surface area contributed by atoms with Crippen LogP contribution in [0.15, 0.2) is 24.3 Å². The molecule has 1 aliphatic rings. The van der Waals surface area contributed by atoms with Crippen LogP contribution in [0, 0.1) is 16.0 Å². The second-order valence-corrected chi connectivity index (χ2v) is 7.49. The Morgan fingerprint density at radius 3 is 2.72 bits per heavy atom. The van der Waals surface area contributed by atoms with Crippen LogP contribution in [0.3, 0.4) is 0 Å². The smallest absolute Gasteiger partial charge is 0.407 e. The molecule has 1 amide bonds. The molecular formula is C18H27N3O4. The molecule has 0 aliphatic heterocycles. The average molecular weight is 349 g/mol. The summed E-state index contributed by atoms with van der Waals surface area (Å²) in [5.74, 6) is 0.264. The van der Waals surface area contributed by atoms with Gasteiger partial charge in [-0.1, -0.05) is 18.9 Å². The number of rotatable bonds is 5. The molecule has 138 valence electrons. The van der Waals surface area contributed by atoms with E-state index >= 15 is 0 Å². The Kier molecular flexibility index (Phi) is 6.22. The molecule has 7 nitrogen and oxygen atoms in total. The SMILES string of the molecule is CC(C)(C)OC(=O)NCC1CCCCC1Nc1cccc([N+](=O)[O-])c1. The molecule has 2 rings (SSSR count). The lowest BCUT2D eigenvalue weighted by molar-refractivity contribution is -0.384. The average Bonchev–Trinajstić information content (AvgIpc) is 2.52.